The van der Waals surface area contributed by atoms with Crippen molar-refractivity contribution in [3.05, 3.63) is 11.9 Å². The van der Waals surface area contributed by atoms with Crippen molar-refractivity contribution in [2.45, 2.75) is 64.7 Å². The maximum absolute atomic E-state index is 12.0. The van der Waals surface area contributed by atoms with Crippen LogP contribution in [0.5, 0.6) is 5.88 Å². The Morgan fingerprint density at radius 2 is 1.87 bits per heavy atom. The first kappa shape index (κ1) is 22.9. The first-order chi connectivity index (χ1) is 14.3. The molecule has 3 heterocycles. The summed E-state index contributed by atoms with van der Waals surface area (Å²) in [6, 6.07) is 0.293. The second-order valence-corrected chi connectivity index (χ2v) is 9.52. The van der Waals surface area contributed by atoms with Crippen LogP contribution in [-0.4, -0.2) is 80.5 Å². The van der Waals surface area contributed by atoms with E-state index in [1.165, 1.54) is 6.33 Å². The highest BCUT2D eigenvalue weighted by molar-refractivity contribution is 7.88. The van der Waals surface area contributed by atoms with Gasteiger partial charge < -0.3 is 24.2 Å². The van der Waals surface area contributed by atoms with E-state index in [2.05, 4.69) is 15.3 Å². The first-order valence-electron chi connectivity index (χ1n) is 10.6. The fraction of sp³-hybridized carbons (Fsp3) is 0.750. The maximum Gasteiger partial charge on any atom is 0.410 e. The average molecular weight is 440 g/mol. The van der Waals surface area contributed by atoms with E-state index in [9.17, 15) is 9.35 Å². The minimum Gasteiger partial charge on any atom is -0.598 e. The molecule has 0 aliphatic carbocycles. The summed E-state index contributed by atoms with van der Waals surface area (Å²) in [6.45, 7) is 8.52. The zero-order chi connectivity index (χ0) is 21.7. The number of hydrogen-bond acceptors (Lipinski definition) is 8. The van der Waals surface area contributed by atoms with Crippen LogP contribution in [0.4, 0.5) is 10.6 Å². The van der Waals surface area contributed by atoms with Gasteiger partial charge in [0, 0.05) is 56.4 Å². The predicted octanol–water partition coefficient (Wildman–Crippen LogP) is 2.34. The Balaban J connectivity index is 1.52. The molecule has 0 spiro atoms. The second kappa shape index (κ2) is 10.5. The van der Waals surface area contributed by atoms with Crippen molar-refractivity contribution in [3.63, 3.8) is 0 Å². The molecule has 1 unspecified atom stereocenters. The number of nitrogens with one attached hydrogen (secondary N) is 1. The van der Waals surface area contributed by atoms with Gasteiger partial charge in [-0.15, -0.1) is 4.31 Å². The van der Waals surface area contributed by atoms with E-state index in [1.54, 1.807) is 11.2 Å². The standard InChI is InChI=1S/C20H33N5O4S/c1-14(2)28-20(26)24-9-7-17(8-10-24)29-19-15(3)18(21-13-22-19)23-16-5-11-25(12-6-16)30(4)27/h13-14,16-17H,5-12H2,1-4H3,(H,21,22,23). The highest BCUT2D eigenvalue weighted by Crippen LogP contribution is 2.26. The molecule has 2 aliphatic heterocycles. The van der Waals surface area contributed by atoms with Crippen LogP contribution in [0.2, 0.25) is 0 Å². The molecule has 2 saturated heterocycles. The van der Waals surface area contributed by atoms with Crippen LogP contribution < -0.4 is 10.1 Å². The van der Waals surface area contributed by atoms with Crippen LogP contribution in [-0.2, 0) is 16.1 Å². The number of piperidine rings is 2. The lowest BCUT2D eigenvalue weighted by atomic mass is 10.1. The van der Waals surface area contributed by atoms with Gasteiger partial charge in [0.2, 0.25) is 5.88 Å². The second-order valence-electron chi connectivity index (χ2n) is 8.16. The first-order valence-corrected chi connectivity index (χ1v) is 12.1. The Kier molecular flexibility index (Phi) is 8.01. The molecule has 1 amide bonds. The Morgan fingerprint density at radius 3 is 2.47 bits per heavy atom. The number of carbonyl (C=O) groups is 1. The van der Waals surface area contributed by atoms with Crippen LogP contribution in [0.1, 0.15) is 45.1 Å². The van der Waals surface area contributed by atoms with Crippen LogP contribution >= 0.6 is 0 Å². The molecule has 10 heteroatoms. The van der Waals surface area contributed by atoms with E-state index in [0.717, 1.165) is 50.2 Å². The Labute approximate surface area is 181 Å². The SMILES string of the molecule is Cc1c(NC2CCN([S+](C)[O-])CC2)ncnc1OC1CCN(C(=O)OC(C)C)CC1. The molecule has 3 rings (SSSR count). The number of ether oxygens (including phenoxy) is 2. The number of hydrogen-bond donors (Lipinski definition) is 1. The van der Waals surface area contributed by atoms with Crippen LogP contribution in [0.3, 0.4) is 0 Å². The highest BCUT2D eigenvalue weighted by atomic mass is 32.2. The van der Waals surface area contributed by atoms with E-state index >= 15 is 0 Å². The number of amides is 1. The van der Waals surface area contributed by atoms with Gasteiger partial charge in [-0.25, -0.2) is 14.8 Å². The lowest BCUT2D eigenvalue weighted by molar-refractivity contribution is 0.0505. The Hall–Kier alpha value is -1.78. The summed E-state index contributed by atoms with van der Waals surface area (Å²) >= 11 is -0.907. The van der Waals surface area contributed by atoms with Crippen molar-refractivity contribution in [1.82, 2.24) is 19.2 Å². The van der Waals surface area contributed by atoms with E-state index in [1.807, 2.05) is 25.1 Å². The van der Waals surface area contributed by atoms with Gasteiger partial charge in [-0.2, -0.15) is 0 Å². The molecular formula is C20H33N5O4S. The summed E-state index contributed by atoms with van der Waals surface area (Å²) in [4.78, 5) is 22.5. The van der Waals surface area contributed by atoms with Gasteiger partial charge in [-0.05, 0) is 33.6 Å². The third kappa shape index (κ3) is 6.12. The van der Waals surface area contributed by atoms with Gasteiger partial charge in [-0.1, -0.05) is 0 Å². The van der Waals surface area contributed by atoms with Crippen LogP contribution in [0.15, 0.2) is 6.33 Å². The number of nitrogens with zero attached hydrogens (tertiary/aromatic N) is 4. The average Bonchev–Trinajstić information content (AvgIpc) is 2.71. The lowest BCUT2D eigenvalue weighted by Crippen LogP contribution is -2.43. The normalized spacial score (nSPS) is 20.3. The van der Waals surface area contributed by atoms with Crippen LogP contribution in [0.25, 0.3) is 0 Å². The maximum atomic E-state index is 12.0. The molecule has 0 saturated carbocycles. The van der Waals surface area contributed by atoms with Crippen molar-refractivity contribution in [3.8, 4) is 5.88 Å². The number of anilines is 1. The third-order valence-electron chi connectivity index (χ3n) is 5.51. The molecule has 1 aromatic rings. The molecule has 2 aliphatic rings. The van der Waals surface area contributed by atoms with Crippen molar-refractivity contribution >= 4 is 23.3 Å². The van der Waals surface area contributed by atoms with E-state index in [-0.39, 0.29) is 18.3 Å². The van der Waals surface area contributed by atoms with Gasteiger partial charge in [-0.3, -0.25) is 0 Å². The number of aromatic nitrogens is 2. The summed E-state index contributed by atoms with van der Waals surface area (Å²) in [7, 11) is 0. The molecule has 168 valence electrons. The molecule has 1 N–H and O–H groups in total. The number of likely N-dealkylation sites (tertiary alicyclic amines) is 1. The zero-order valence-electron chi connectivity index (χ0n) is 18.3. The quantitative estimate of drug-likeness (QED) is 0.674. The topological polar surface area (TPSA) is 103 Å². The minimum atomic E-state index is -0.907. The molecule has 1 atom stereocenters. The van der Waals surface area contributed by atoms with Gasteiger partial charge >= 0.3 is 6.09 Å². The highest BCUT2D eigenvalue weighted by Gasteiger charge is 2.27. The van der Waals surface area contributed by atoms with Gasteiger partial charge in [0.1, 0.15) is 24.5 Å². The predicted molar refractivity (Wildman–Crippen MR) is 116 cm³/mol. The largest absolute Gasteiger partial charge is 0.598 e. The molecule has 30 heavy (non-hydrogen) atoms. The Bertz CT molecular complexity index is 704. The summed E-state index contributed by atoms with van der Waals surface area (Å²) in [5, 5.41) is 3.50. The van der Waals surface area contributed by atoms with Crippen molar-refractivity contribution in [2.75, 3.05) is 37.8 Å². The van der Waals surface area contributed by atoms with E-state index < -0.39 is 11.4 Å². The smallest absolute Gasteiger partial charge is 0.410 e. The van der Waals surface area contributed by atoms with Crippen LogP contribution in [0, 0.1) is 6.92 Å². The fourth-order valence-corrected chi connectivity index (χ4v) is 4.46. The fourth-order valence-electron chi connectivity index (χ4n) is 3.74. The van der Waals surface area contributed by atoms with Crippen molar-refractivity contribution in [1.29, 1.82) is 0 Å². The molecule has 0 bridgehead atoms. The molecule has 1 aromatic heterocycles. The summed E-state index contributed by atoms with van der Waals surface area (Å²) in [5.74, 6) is 1.37. The molecule has 0 radical (unpaired) electrons. The van der Waals surface area contributed by atoms with Gasteiger partial charge in [0.15, 0.2) is 0 Å². The Morgan fingerprint density at radius 1 is 1.20 bits per heavy atom. The van der Waals surface area contributed by atoms with Crippen molar-refractivity contribution in [2.24, 2.45) is 0 Å². The molecule has 9 nitrogen and oxygen atoms in total. The summed E-state index contributed by atoms with van der Waals surface area (Å²) < 4.78 is 25.0. The number of rotatable bonds is 6. The molecule has 2 fully saturated rings. The monoisotopic (exact) mass is 439 g/mol. The molecule has 0 aromatic carbocycles. The van der Waals surface area contributed by atoms with Gasteiger partial charge in [0.05, 0.1) is 11.7 Å². The summed E-state index contributed by atoms with van der Waals surface area (Å²) in [6.07, 6.45) is 6.22. The van der Waals surface area contributed by atoms with E-state index in [4.69, 9.17) is 9.47 Å². The summed E-state index contributed by atoms with van der Waals surface area (Å²) in [5.41, 5.74) is 0.889. The third-order valence-corrected chi connectivity index (χ3v) is 6.60. The molecular weight excluding hydrogens is 406 g/mol. The minimum absolute atomic E-state index is 0.0114. The number of carbonyl (C=O) groups excluding carboxylic acids is 1. The lowest BCUT2D eigenvalue weighted by Gasteiger charge is -2.32. The zero-order valence-corrected chi connectivity index (χ0v) is 19.1. The van der Waals surface area contributed by atoms with Gasteiger partial charge in [0.25, 0.3) is 0 Å². The van der Waals surface area contributed by atoms with Crippen molar-refractivity contribution < 1.29 is 18.8 Å². The van der Waals surface area contributed by atoms with E-state index in [0.29, 0.717) is 25.0 Å².